The highest BCUT2D eigenvalue weighted by Crippen LogP contribution is 2.49. The second-order valence-corrected chi connectivity index (χ2v) is 11.4. The van der Waals surface area contributed by atoms with Gasteiger partial charge in [0, 0.05) is 30.1 Å². The molecule has 1 saturated carbocycles. The molecule has 0 unspecified atom stereocenters. The van der Waals surface area contributed by atoms with Gasteiger partial charge in [0.25, 0.3) is 0 Å². The first-order valence-corrected chi connectivity index (χ1v) is 12.6. The Balaban J connectivity index is 1.31. The van der Waals surface area contributed by atoms with E-state index in [1.807, 2.05) is 6.07 Å². The van der Waals surface area contributed by atoms with E-state index in [0.29, 0.717) is 5.91 Å². The SMILES string of the molecule is COc1ccc2c(c1)C1(CCN(Cc3ccc(C(C)(C)C)cc3)CC1)CN2C(=O)C1CCC1. The summed E-state index contributed by atoms with van der Waals surface area (Å²) in [6.07, 6.45) is 5.46. The zero-order valence-corrected chi connectivity index (χ0v) is 20.7. The number of rotatable bonds is 4. The molecule has 2 heterocycles. The molecule has 0 N–H and O–H groups in total. The van der Waals surface area contributed by atoms with Crippen molar-refractivity contribution < 1.29 is 9.53 Å². The molecule has 3 aliphatic rings. The van der Waals surface area contributed by atoms with Crippen LogP contribution < -0.4 is 9.64 Å². The molecule has 0 radical (unpaired) electrons. The number of likely N-dealkylation sites (tertiary alicyclic amines) is 1. The molecule has 2 aliphatic heterocycles. The van der Waals surface area contributed by atoms with E-state index in [4.69, 9.17) is 4.74 Å². The van der Waals surface area contributed by atoms with Crippen molar-refractivity contribution in [1.82, 2.24) is 4.90 Å². The van der Waals surface area contributed by atoms with Gasteiger partial charge in [-0.25, -0.2) is 0 Å². The van der Waals surface area contributed by atoms with Crippen LogP contribution in [-0.4, -0.2) is 37.6 Å². The van der Waals surface area contributed by atoms with Crippen LogP contribution in [-0.2, 0) is 22.2 Å². The summed E-state index contributed by atoms with van der Waals surface area (Å²) in [7, 11) is 1.73. The lowest BCUT2D eigenvalue weighted by atomic mass is 9.74. The lowest BCUT2D eigenvalue weighted by Gasteiger charge is -2.40. The number of amides is 1. The van der Waals surface area contributed by atoms with Crippen molar-refractivity contribution in [2.75, 3.05) is 31.6 Å². The molecule has 4 heteroatoms. The first-order valence-electron chi connectivity index (χ1n) is 12.6. The molecular weight excluding hydrogens is 408 g/mol. The minimum atomic E-state index is 0.0515. The quantitative estimate of drug-likeness (QED) is 0.606. The van der Waals surface area contributed by atoms with Gasteiger partial charge in [0.2, 0.25) is 5.91 Å². The van der Waals surface area contributed by atoms with Gasteiger partial charge in [0.1, 0.15) is 5.75 Å². The van der Waals surface area contributed by atoms with Crippen molar-refractivity contribution in [2.24, 2.45) is 5.92 Å². The fourth-order valence-corrected chi connectivity index (χ4v) is 5.78. The van der Waals surface area contributed by atoms with E-state index >= 15 is 0 Å². The van der Waals surface area contributed by atoms with Gasteiger partial charge in [0.05, 0.1) is 7.11 Å². The second kappa shape index (κ2) is 8.47. The topological polar surface area (TPSA) is 32.8 Å². The summed E-state index contributed by atoms with van der Waals surface area (Å²) in [5.41, 5.74) is 5.46. The normalized spacial score (nSPS) is 20.5. The molecule has 4 nitrogen and oxygen atoms in total. The van der Waals surface area contributed by atoms with Crippen LogP contribution in [0.1, 0.15) is 69.6 Å². The fraction of sp³-hybridized carbons (Fsp3) is 0.552. The maximum Gasteiger partial charge on any atom is 0.230 e. The van der Waals surface area contributed by atoms with Gasteiger partial charge < -0.3 is 9.64 Å². The van der Waals surface area contributed by atoms with Crippen molar-refractivity contribution >= 4 is 11.6 Å². The summed E-state index contributed by atoms with van der Waals surface area (Å²) in [5.74, 6) is 1.46. The van der Waals surface area contributed by atoms with Crippen LogP contribution in [0, 0.1) is 5.92 Å². The van der Waals surface area contributed by atoms with Crippen molar-refractivity contribution in [3.63, 3.8) is 0 Å². The first-order chi connectivity index (χ1) is 15.8. The number of nitrogens with zero attached hydrogens (tertiary/aromatic N) is 2. The number of hydrogen-bond acceptors (Lipinski definition) is 3. The Kier molecular flexibility index (Phi) is 5.76. The highest BCUT2D eigenvalue weighted by molar-refractivity contribution is 5.98. The molecule has 2 aromatic rings. The van der Waals surface area contributed by atoms with Crippen LogP contribution in [0.3, 0.4) is 0 Å². The average Bonchev–Trinajstić information content (AvgIpc) is 3.07. The summed E-state index contributed by atoms with van der Waals surface area (Å²) in [4.78, 5) is 17.9. The number of ether oxygens (including phenoxy) is 1. The third kappa shape index (κ3) is 4.19. The Morgan fingerprint density at radius 2 is 1.76 bits per heavy atom. The molecule has 0 atom stereocenters. The minimum Gasteiger partial charge on any atom is -0.497 e. The molecule has 5 rings (SSSR count). The van der Waals surface area contributed by atoms with Crippen LogP contribution in [0.4, 0.5) is 5.69 Å². The predicted molar refractivity (Wildman–Crippen MR) is 134 cm³/mol. The number of benzene rings is 2. The smallest absolute Gasteiger partial charge is 0.230 e. The number of carbonyl (C=O) groups excluding carboxylic acids is 1. The van der Waals surface area contributed by atoms with Crippen LogP contribution in [0.5, 0.6) is 5.75 Å². The fourth-order valence-electron chi connectivity index (χ4n) is 5.78. The maximum atomic E-state index is 13.3. The highest BCUT2D eigenvalue weighted by atomic mass is 16.5. The van der Waals surface area contributed by atoms with Gasteiger partial charge in [-0.05, 0) is 79.1 Å². The van der Waals surface area contributed by atoms with Crippen molar-refractivity contribution in [3.05, 3.63) is 59.2 Å². The molecule has 0 aromatic heterocycles. The van der Waals surface area contributed by atoms with Gasteiger partial charge in [-0.1, -0.05) is 51.5 Å². The number of anilines is 1. The molecule has 33 heavy (non-hydrogen) atoms. The van der Waals surface area contributed by atoms with E-state index in [9.17, 15) is 4.79 Å². The maximum absolute atomic E-state index is 13.3. The van der Waals surface area contributed by atoms with Crippen LogP contribution in [0.2, 0.25) is 0 Å². The standard InChI is InChI=1S/C29H38N2O2/c1-28(2,3)23-10-8-21(9-11-23)19-30-16-14-29(15-17-30)20-31(27(32)22-6-5-7-22)26-13-12-24(33-4)18-25(26)29/h8-13,18,22H,5-7,14-17,19-20H2,1-4H3. The van der Waals surface area contributed by atoms with E-state index in [1.54, 1.807) is 7.11 Å². The van der Waals surface area contributed by atoms with Crippen molar-refractivity contribution in [3.8, 4) is 5.75 Å². The Labute approximate surface area is 198 Å². The molecule has 0 bridgehead atoms. The Hall–Kier alpha value is -2.33. The van der Waals surface area contributed by atoms with Gasteiger partial charge in [-0.15, -0.1) is 0 Å². The monoisotopic (exact) mass is 446 g/mol. The zero-order valence-electron chi connectivity index (χ0n) is 20.7. The first kappa shape index (κ1) is 22.5. The third-order valence-electron chi connectivity index (χ3n) is 8.29. The van der Waals surface area contributed by atoms with Gasteiger partial charge >= 0.3 is 0 Å². The second-order valence-electron chi connectivity index (χ2n) is 11.4. The molecule has 1 aliphatic carbocycles. The molecular formula is C29H38N2O2. The van der Waals surface area contributed by atoms with E-state index < -0.39 is 0 Å². The largest absolute Gasteiger partial charge is 0.497 e. The number of fused-ring (bicyclic) bond motifs is 2. The van der Waals surface area contributed by atoms with E-state index in [1.165, 1.54) is 23.1 Å². The number of carbonyl (C=O) groups is 1. The Bertz CT molecular complexity index is 1010. The van der Waals surface area contributed by atoms with E-state index in [0.717, 1.165) is 63.3 Å². The zero-order chi connectivity index (χ0) is 23.2. The number of piperidine rings is 1. The summed E-state index contributed by atoms with van der Waals surface area (Å²) in [6.45, 7) is 10.7. The highest BCUT2D eigenvalue weighted by Gasteiger charge is 2.47. The summed E-state index contributed by atoms with van der Waals surface area (Å²) < 4.78 is 5.57. The molecule has 1 spiro atoms. The molecule has 1 amide bonds. The van der Waals surface area contributed by atoms with Crippen molar-refractivity contribution in [1.29, 1.82) is 0 Å². The number of methoxy groups -OCH3 is 1. The molecule has 1 saturated heterocycles. The van der Waals surface area contributed by atoms with Gasteiger partial charge in [-0.3, -0.25) is 9.69 Å². The van der Waals surface area contributed by atoms with E-state index in [-0.39, 0.29) is 16.7 Å². The van der Waals surface area contributed by atoms with Crippen LogP contribution in [0.15, 0.2) is 42.5 Å². The minimum absolute atomic E-state index is 0.0515. The van der Waals surface area contributed by atoms with Gasteiger partial charge in [0.15, 0.2) is 0 Å². The molecule has 2 aromatic carbocycles. The summed E-state index contributed by atoms with van der Waals surface area (Å²) in [5, 5.41) is 0. The number of hydrogen-bond donors (Lipinski definition) is 0. The lowest BCUT2D eigenvalue weighted by molar-refractivity contribution is -0.124. The summed E-state index contributed by atoms with van der Waals surface area (Å²) >= 11 is 0. The molecule has 2 fully saturated rings. The Morgan fingerprint density at radius 1 is 1.06 bits per heavy atom. The Morgan fingerprint density at radius 3 is 2.33 bits per heavy atom. The third-order valence-corrected chi connectivity index (χ3v) is 8.29. The predicted octanol–water partition coefficient (Wildman–Crippen LogP) is 5.67. The van der Waals surface area contributed by atoms with Gasteiger partial charge in [-0.2, -0.15) is 0 Å². The lowest BCUT2D eigenvalue weighted by Crippen LogP contribution is -2.47. The van der Waals surface area contributed by atoms with Crippen LogP contribution in [0.25, 0.3) is 0 Å². The van der Waals surface area contributed by atoms with E-state index in [2.05, 4.69) is 67.0 Å². The van der Waals surface area contributed by atoms with Crippen molar-refractivity contribution in [2.45, 2.75) is 70.3 Å². The molecule has 176 valence electrons. The summed E-state index contributed by atoms with van der Waals surface area (Å²) in [6, 6.07) is 15.5. The average molecular weight is 447 g/mol. The van der Waals surface area contributed by atoms with Crippen LogP contribution >= 0.6 is 0 Å².